The van der Waals surface area contributed by atoms with Crippen LogP contribution in [0.25, 0.3) is 0 Å². The number of nitro groups is 1. The molecule has 0 radical (unpaired) electrons. The Morgan fingerprint density at radius 1 is 1.24 bits per heavy atom. The van der Waals surface area contributed by atoms with Gasteiger partial charge in [0.2, 0.25) is 0 Å². The van der Waals surface area contributed by atoms with Crippen LogP contribution >= 0.6 is 11.6 Å². The summed E-state index contributed by atoms with van der Waals surface area (Å²) in [6, 6.07) is 6.27. The number of carbonyl (C=O) groups excluding carboxylic acids is 1. The zero-order valence-electron chi connectivity index (χ0n) is 10.3. The minimum absolute atomic E-state index is 0.186. The van der Waals surface area contributed by atoms with E-state index in [4.69, 9.17) is 11.6 Å². The first-order valence-corrected chi connectivity index (χ1v) is 5.97. The van der Waals surface area contributed by atoms with E-state index in [1.807, 2.05) is 0 Å². The van der Waals surface area contributed by atoms with Crippen LogP contribution in [0.1, 0.15) is 10.4 Å². The van der Waals surface area contributed by atoms with Crippen molar-refractivity contribution in [3.63, 3.8) is 0 Å². The van der Waals surface area contributed by atoms with Gasteiger partial charge in [0.15, 0.2) is 0 Å². The smallest absolute Gasteiger partial charge is 0.288 e. The summed E-state index contributed by atoms with van der Waals surface area (Å²) in [6.45, 7) is 0. The fourth-order valence-electron chi connectivity index (χ4n) is 1.62. The third kappa shape index (κ3) is 3.14. The maximum atomic E-state index is 13.4. The Morgan fingerprint density at radius 3 is 2.57 bits per heavy atom. The molecule has 2 aromatic rings. The number of rotatable bonds is 3. The molecule has 0 heterocycles. The average molecular weight is 313 g/mol. The molecule has 21 heavy (non-hydrogen) atoms. The number of nitrogens with one attached hydrogen (secondary N) is 1. The minimum atomic E-state index is -0.968. The average Bonchev–Trinajstić information content (AvgIpc) is 2.41. The number of nitro benzene ring substituents is 1. The molecule has 0 fully saturated rings. The highest BCUT2D eigenvalue weighted by molar-refractivity contribution is 6.36. The second-order valence-electron chi connectivity index (χ2n) is 3.97. The molecule has 2 aromatic carbocycles. The van der Waals surface area contributed by atoms with Crippen molar-refractivity contribution in [3.05, 3.63) is 68.7 Å². The zero-order chi connectivity index (χ0) is 15.6. The number of carbonyl (C=O) groups is 1. The second-order valence-corrected chi connectivity index (χ2v) is 4.35. The molecule has 0 bridgehead atoms. The number of anilines is 1. The third-order valence-electron chi connectivity index (χ3n) is 2.60. The topological polar surface area (TPSA) is 72.2 Å². The van der Waals surface area contributed by atoms with Gasteiger partial charge in [-0.05, 0) is 18.2 Å². The van der Waals surface area contributed by atoms with Crippen molar-refractivity contribution < 1.29 is 18.5 Å². The van der Waals surface area contributed by atoms with E-state index in [1.165, 1.54) is 12.1 Å². The van der Waals surface area contributed by atoms with E-state index >= 15 is 0 Å². The summed E-state index contributed by atoms with van der Waals surface area (Å²) >= 11 is 5.77. The van der Waals surface area contributed by atoms with Crippen LogP contribution in [-0.4, -0.2) is 10.8 Å². The summed E-state index contributed by atoms with van der Waals surface area (Å²) in [5, 5.41) is 12.5. The van der Waals surface area contributed by atoms with E-state index in [0.29, 0.717) is 6.07 Å². The third-order valence-corrected chi connectivity index (χ3v) is 3.00. The van der Waals surface area contributed by atoms with E-state index in [1.54, 1.807) is 0 Å². The second kappa shape index (κ2) is 5.84. The SMILES string of the molecule is O=C(Nc1ccc(F)cc1F)c1cccc([N+](=O)[O-])c1Cl. The summed E-state index contributed by atoms with van der Waals surface area (Å²) in [6.07, 6.45) is 0. The first-order valence-electron chi connectivity index (χ1n) is 5.59. The van der Waals surface area contributed by atoms with Gasteiger partial charge in [0.25, 0.3) is 11.6 Å². The lowest BCUT2D eigenvalue weighted by Gasteiger charge is -2.08. The Balaban J connectivity index is 2.33. The summed E-state index contributed by atoms with van der Waals surface area (Å²) < 4.78 is 26.2. The van der Waals surface area contributed by atoms with Crippen molar-refractivity contribution in [2.24, 2.45) is 0 Å². The Bertz CT molecular complexity index is 737. The Morgan fingerprint density at radius 2 is 1.95 bits per heavy atom. The van der Waals surface area contributed by atoms with Crippen LogP contribution in [0.5, 0.6) is 0 Å². The van der Waals surface area contributed by atoms with Crippen LogP contribution in [-0.2, 0) is 0 Å². The lowest BCUT2D eigenvalue weighted by molar-refractivity contribution is -0.384. The molecule has 0 atom stereocenters. The number of benzene rings is 2. The normalized spacial score (nSPS) is 10.2. The molecule has 1 N–H and O–H groups in total. The molecule has 0 spiro atoms. The molecule has 108 valence electrons. The quantitative estimate of drug-likeness (QED) is 0.692. The first kappa shape index (κ1) is 14.9. The molecule has 0 saturated heterocycles. The van der Waals surface area contributed by atoms with Gasteiger partial charge in [-0.15, -0.1) is 0 Å². The van der Waals surface area contributed by atoms with Gasteiger partial charge in [-0.25, -0.2) is 8.78 Å². The van der Waals surface area contributed by atoms with E-state index in [0.717, 1.165) is 18.2 Å². The van der Waals surface area contributed by atoms with Gasteiger partial charge in [-0.2, -0.15) is 0 Å². The number of amides is 1. The molecule has 0 aromatic heterocycles. The highest BCUT2D eigenvalue weighted by Gasteiger charge is 2.20. The lowest BCUT2D eigenvalue weighted by atomic mass is 10.1. The number of hydrogen-bond acceptors (Lipinski definition) is 3. The summed E-state index contributed by atoms with van der Waals surface area (Å²) in [5.41, 5.74) is -0.887. The van der Waals surface area contributed by atoms with Gasteiger partial charge >= 0.3 is 0 Å². The first-order chi connectivity index (χ1) is 9.90. The fourth-order valence-corrected chi connectivity index (χ4v) is 1.90. The largest absolute Gasteiger partial charge is 0.319 e. The standard InChI is InChI=1S/C13H7ClF2N2O3/c14-12-8(2-1-3-11(12)18(20)21)13(19)17-10-5-4-7(15)6-9(10)16/h1-6H,(H,17,19). The van der Waals surface area contributed by atoms with Crippen molar-refractivity contribution in [1.82, 2.24) is 0 Å². The van der Waals surface area contributed by atoms with Crippen molar-refractivity contribution in [2.75, 3.05) is 5.32 Å². The number of hydrogen-bond donors (Lipinski definition) is 1. The van der Waals surface area contributed by atoms with E-state index in [9.17, 15) is 23.7 Å². The monoisotopic (exact) mass is 312 g/mol. The molecule has 1 amide bonds. The molecule has 0 unspecified atom stereocenters. The fraction of sp³-hybridized carbons (Fsp3) is 0. The van der Waals surface area contributed by atoms with E-state index in [-0.39, 0.29) is 16.3 Å². The zero-order valence-corrected chi connectivity index (χ0v) is 11.0. The Kier molecular flexibility index (Phi) is 4.13. The van der Waals surface area contributed by atoms with Crippen LogP contribution in [0, 0.1) is 21.7 Å². The Hall–Kier alpha value is -2.54. The van der Waals surface area contributed by atoms with Crippen LogP contribution in [0.3, 0.4) is 0 Å². The summed E-state index contributed by atoms with van der Waals surface area (Å²) in [7, 11) is 0. The summed E-state index contributed by atoms with van der Waals surface area (Å²) in [5.74, 6) is -2.60. The molecule has 0 aliphatic carbocycles. The maximum absolute atomic E-state index is 13.4. The maximum Gasteiger partial charge on any atom is 0.288 e. The molecule has 0 saturated carbocycles. The molecular weight excluding hydrogens is 306 g/mol. The van der Waals surface area contributed by atoms with Gasteiger partial charge in [-0.1, -0.05) is 17.7 Å². The van der Waals surface area contributed by atoms with Crippen LogP contribution < -0.4 is 5.32 Å². The highest BCUT2D eigenvalue weighted by Crippen LogP contribution is 2.28. The molecule has 0 aliphatic heterocycles. The van der Waals surface area contributed by atoms with Gasteiger partial charge < -0.3 is 5.32 Å². The van der Waals surface area contributed by atoms with Gasteiger partial charge in [0.05, 0.1) is 16.2 Å². The minimum Gasteiger partial charge on any atom is -0.319 e. The van der Waals surface area contributed by atoms with Gasteiger partial charge in [0.1, 0.15) is 16.7 Å². The van der Waals surface area contributed by atoms with Crippen LogP contribution in [0.2, 0.25) is 5.02 Å². The van der Waals surface area contributed by atoms with E-state index in [2.05, 4.69) is 5.32 Å². The highest BCUT2D eigenvalue weighted by atomic mass is 35.5. The van der Waals surface area contributed by atoms with E-state index < -0.39 is 28.2 Å². The van der Waals surface area contributed by atoms with Crippen molar-refractivity contribution in [2.45, 2.75) is 0 Å². The molecule has 0 aliphatic rings. The molecule has 2 rings (SSSR count). The summed E-state index contributed by atoms with van der Waals surface area (Å²) in [4.78, 5) is 22.0. The van der Waals surface area contributed by atoms with Crippen molar-refractivity contribution >= 4 is 28.9 Å². The Labute approximate surface area is 122 Å². The van der Waals surface area contributed by atoms with Crippen LogP contribution in [0.4, 0.5) is 20.2 Å². The molecule has 8 heteroatoms. The lowest BCUT2D eigenvalue weighted by Crippen LogP contribution is -2.14. The molecule has 5 nitrogen and oxygen atoms in total. The van der Waals surface area contributed by atoms with Gasteiger partial charge in [-0.3, -0.25) is 14.9 Å². The number of halogens is 3. The van der Waals surface area contributed by atoms with Gasteiger partial charge in [0, 0.05) is 12.1 Å². The number of nitrogens with zero attached hydrogens (tertiary/aromatic N) is 1. The van der Waals surface area contributed by atoms with Crippen LogP contribution in [0.15, 0.2) is 36.4 Å². The predicted molar refractivity (Wildman–Crippen MR) is 72.4 cm³/mol. The van der Waals surface area contributed by atoms with Crippen molar-refractivity contribution in [1.29, 1.82) is 0 Å². The predicted octanol–water partition coefficient (Wildman–Crippen LogP) is 3.78. The van der Waals surface area contributed by atoms with Crippen molar-refractivity contribution in [3.8, 4) is 0 Å². The molecular formula is C13H7ClF2N2O3.